The van der Waals surface area contributed by atoms with Crippen LogP contribution in [0.2, 0.25) is 0 Å². The Balaban J connectivity index is 0.00000300. The van der Waals surface area contributed by atoms with Crippen molar-refractivity contribution >= 4 is 12.4 Å². The molecular weight excluding hydrogens is 388 g/mol. The van der Waals surface area contributed by atoms with E-state index in [-0.39, 0.29) is 25.6 Å². The molecule has 3 rings (SSSR count). The van der Waals surface area contributed by atoms with E-state index in [4.69, 9.17) is 5.73 Å². The van der Waals surface area contributed by atoms with E-state index >= 15 is 0 Å². The first-order chi connectivity index (χ1) is 13.4. The van der Waals surface area contributed by atoms with Crippen LogP contribution in [0.5, 0.6) is 0 Å². The summed E-state index contributed by atoms with van der Waals surface area (Å²) >= 11 is 0. The normalized spacial score (nSPS) is 11.5. The lowest BCUT2D eigenvalue weighted by molar-refractivity contribution is 0.115. The second-order valence-electron chi connectivity index (χ2n) is 7.67. The zero-order chi connectivity index (χ0) is 20.1. The number of benzene rings is 2. The van der Waals surface area contributed by atoms with Gasteiger partial charge in [0, 0.05) is 5.56 Å². The minimum atomic E-state index is -0.938. The van der Waals surface area contributed by atoms with Crippen molar-refractivity contribution < 1.29 is 10.2 Å². The minimum absolute atomic E-state index is 0. The molecule has 0 saturated carbocycles. The summed E-state index contributed by atoms with van der Waals surface area (Å²) in [5, 5.41) is 27.1. The highest BCUT2D eigenvalue weighted by Gasteiger charge is 2.22. The maximum atomic E-state index is 9.29. The van der Waals surface area contributed by atoms with E-state index in [1.165, 1.54) is 5.56 Å². The molecule has 4 N–H and O–H groups in total. The fraction of sp³-hybridized carbons (Fsp3) is 0.364. The van der Waals surface area contributed by atoms with Gasteiger partial charge in [0.15, 0.2) is 0 Å². The van der Waals surface area contributed by atoms with Gasteiger partial charge in [-0.05, 0) is 42.0 Å². The molecule has 0 spiro atoms. The number of nitrogens with zero attached hydrogens (tertiary/aromatic N) is 3. The third kappa shape index (κ3) is 5.64. The molecule has 0 aliphatic carbocycles. The number of aliphatic hydroxyl groups is 2. The summed E-state index contributed by atoms with van der Waals surface area (Å²) in [6.45, 7) is 3.88. The van der Waals surface area contributed by atoms with E-state index in [0.717, 1.165) is 22.5 Å². The molecule has 7 heteroatoms. The third-order valence-corrected chi connectivity index (χ3v) is 5.11. The highest BCUT2D eigenvalue weighted by Crippen LogP contribution is 2.21. The minimum Gasteiger partial charge on any atom is -0.394 e. The Bertz CT molecular complexity index is 888. The molecule has 29 heavy (non-hydrogen) atoms. The van der Waals surface area contributed by atoms with Crippen molar-refractivity contribution in [3.8, 4) is 16.9 Å². The third-order valence-electron chi connectivity index (χ3n) is 5.11. The first-order valence-electron chi connectivity index (χ1n) is 9.57. The van der Waals surface area contributed by atoms with Gasteiger partial charge < -0.3 is 15.9 Å². The van der Waals surface area contributed by atoms with Gasteiger partial charge in [0.05, 0.1) is 30.6 Å². The summed E-state index contributed by atoms with van der Waals surface area (Å²) < 4.78 is 1.78. The van der Waals surface area contributed by atoms with E-state index in [1.54, 1.807) is 4.68 Å². The molecule has 0 atom stereocenters. The Hall–Kier alpha value is -2.25. The molecule has 2 aromatic carbocycles. The van der Waals surface area contributed by atoms with Crippen molar-refractivity contribution in [2.45, 2.75) is 38.1 Å². The van der Waals surface area contributed by atoms with Gasteiger partial charge in [-0.2, -0.15) is 0 Å². The fourth-order valence-electron chi connectivity index (χ4n) is 2.98. The largest absolute Gasteiger partial charge is 0.394 e. The summed E-state index contributed by atoms with van der Waals surface area (Å²) in [5.41, 5.74) is 10.1. The van der Waals surface area contributed by atoms with Crippen LogP contribution in [0.4, 0.5) is 0 Å². The van der Waals surface area contributed by atoms with Crippen LogP contribution in [0, 0.1) is 0 Å². The Labute approximate surface area is 177 Å². The van der Waals surface area contributed by atoms with Crippen molar-refractivity contribution in [1.29, 1.82) is 0 Å². The fourth-order valence-corrected chi connectivity index (χ4v) is 2.98. The Morgan fingerprint density at radius 1 is 1.00 bits per heavy atom. The Morgan fingerprint density at radius 2 is 1.62 bits per heavy atom. The van der Waals surface area contributed by atoms with Crippen molar-refractivity contribution in [3.63, 3.8) is 0 Å². The quantitative estimate of drug-likeness (QED) is 0.524. The molecule has 0 fully saturated rings. The lowest BCUT2D eigenvalue weighted by Gasteiger charge is -2.24. The molecule has 3 aromatic rings. The monoisotopic (exact) mass is 416 g/mol. The van der Waals surface area contributed by atoms with Crippen molar-refractivity contribution in [2.75, 3.05) is 13.2 Å². The lowest BCUT2D eigenvalue weighted by atomic mass is 9.93. The zero-order valence-electron chi connectivity index (χ0n) is 16.8. The average Bonchev–Trinajstić information content (AvgIpc) is 3.23. The average molecular weight is 417 g/mol. The summed E-state index contributed by atoms with van der Waals surface area (Å²) in [4.78, 5) is 0. The molecule has 0 unspecified atom stereocenters. The molecule has 0 radical (unpaired) electrons. The number of hydrogen-bond acceptors (Lipinski definition) is 5. The van der Waals surface area contributed by atoms with Crippen molar-refractivity contribution in [3.05, 3.63) is 65.9 Å². The van der Waals surface area contributed by atoms with Crippen molar-refractivity contribution in [2.24, 2.45) is 5.73 Å². The van der Waals surface area contributed by atoms with Crippen LogP contribution in [0.25, 0.3) is 16.9 Å². The summed E-state index contributed by atoms with van der Waals surface area (Å²) in [5.74, 6) is 0.498. The van der Waals surface area contributed by atoms with E-state index < -0.39 is 5.54 Å². The van der Waals surface area contributed by atoms with Crippen LogP contribution in [-0.2, 0) is 6.42 Å². The first kappa shape index (κ1) is 23.0. The molecule has 156 valence electrons. The summed E-state index contributed by atoms with van der Waals surface area (Å²) in [7, 11) is 0. The van der Waals surface area contributed by atoms with E-state index in [9.17, 15) is 10.2 Å². The number of rotatable bonds is 8. The zero-order valence-corrected chi connectivity index (χ0v) is 17.6. The standard InChI is InChI=1S/C22H28N4O2.ClH/c1-16(2)18-7-9-20(10-8-18)26-13-21(24-25-26)19-5-3-17(4-6-19)11-12-22(23,14-27)15-28;/h3-10,13,16,27-28H,11-12,14-15,23H2,1-2H3;1H. The maximum Gasteiger partial charge on any atom is 0.113 e. The predicted molar refractivity (Wildman–Crippen MR) is 118 cm³/mol. The smallest absolute Gasteiger partial charge is 0.113 e. The number of nitrogens with two attached hydrogens (primary N) is 1. The lowest BCUT2D eigenvalue weighted by Crippen LogP contribution is -2.47. The molecule has 0 aliphatic rings. The molecule has 1 heterocycles. The van der Waals surface area contributed by atoms with Crippen molar-refractivity contribution in [1.82, 2.24) is 15.0 Å². The second kappa shape index (κ2) is 9.98. The molecule has 0 aliphatic heterocycles. The first-order valence-corrected chi connectivity index (χ1v) is 9.57. The summed E-state index contributed by atoms with van der Waals surface area (Å²) in [6, 6.07) is 16.4. The van der Waals surface area contributed by atoms with Crippen LogP contribution >= 0.6 is 12.4 Å². The van der Waals surface area contributed by atoms with Gasteiger partial charge in [-0.1, -0.05) is 55.5 Å². The second-order valence-corrected chi connectivity index (χ2v) is 7.67. The van der Waals surface area contributed by atoms with Crippen LogP contribution < -0.4 is 5.73 Å². The molecule has 0 saturated heterocycles. The van der Waals surface area contributed by atoms with Gasteiger partial charge in [0.1, 0.15) is 5.69 Å². The van der Waals surface area contributed by atoms with Gasteiger partial charge in [-0.3, -0.25) is 0 Å². The molecule has 1 aromatic heterocycles. The van der Waals surface area contributed by atoms with Crippen LogP contribution in [0.15, 0.2) is 54.7 Å². The highest BCUT2D eigenvalue weighted by molar-refractivity contribution is 5.85. The molecule has 0 bridgehead atoms. The number of hydrogen-bond donors (Lipinski definition) is 3. The van der Waals surface area contributed by atoms with E-state index in [2.05, 4.69) is 48.4 Å². The van der Waals surface area contributed by atoms with Crippen LogP contribution in [0.3, 0.4) is 0 Å². The Morgan fingerprint density at radius 3 is 2.17 bits per heavy atom. The number of aryl methyl sites for hydroxylation is 1. The highest BCUT2D eigenvalue weighted by atomic mass is 35.5. The SMILES string of the molecule is CC(C)c1ccc(-n2cc(-c3ccc(CCC(N)(CO)CO)cc3)nn2)cc1.Cl. The van der Waals surface area contributed by atoms with Crippen LogP contribution in [0.1, 0.15) is 37.3 Å². The van der Waals surface area contributed by atoms with Gasteiger partial charge in [0.2, 0.25) is 0 Å². The summed E-state index contributed by atoms with van der Waals surface area (Å²) in [6.07, 6.45) is 3.12. The maximum absolute atomic E-state index is 9.29. The van der Waals surface area contributed by atoms with Gasteiger partial charge in [-0.25, -0.2) is 4.68 Å². The topological polar surface area (TPSA) is 97.2 Å². The number of halogens is 1. The number of aromatic nitrogens is 3. The molecule has 6 nitrogen and oxygen atoms in total. The van der Waals surface area contributed by atoms with E-state index in [1.807, 2.05) is 30.5 Å². The van der Waals surface area contributed by atoms with Gasteiger partial charge in [-0.15, -0.1) is 17.5 Å². The molecular formula is C22H29ClN4O2. The Kier molecular flexibility index (Phi) is 7.93. The van der Waals surface area contributed by atoms with E-state index in [0.29, 0.717) is 18.8 Å². The van der Waals surface area contributed by atoms with Gasteiger partial charge >= 0.3 is 0 Å². The molecule has 0 amide bonds. The van der Waals surface area contributed by atoms with Gasteiger partial charge in [0.25, 0.3) is 0 Å². The number of aliphatic hydroxyl groups excluding tert-OH is 2. The van der Waals surface area contributed by atoms with Crippen LogP contribution in [-0.4, -0.2) is 44.0 Å². The predicted octanol–water partition coefficient (Wildman–Crippen LogP) is 3.09.